The molecule has 2 heterocycles. The Hall–Kier alpha value is -3.22. The van der Waals surface area contributed by atoms with Crippen LogP contribution in [0.4, 0.5) is 5.69 Å². The summed E-state index contributed by atoms with van der Waals surface area (Å²) in [6.07, 6.45) is 3.39. The minimum absolute atomic E-state index is 0.165. The van der Waals surface area contributed by atoms with Crippen molar-refractivity contribution < 1.29 is 9.53 Å². The van der Waals surface area contributed by atoms with Gasteiger partial charge in [-0.25, -0.2) is 0 Å². The molecule has 0 aliphatic heterocycles. The van der Waals surface area contributed by atoms with E-state index in [1.165, 1.54) is 11.8 Å². The number of anilines is 1. The molecule has 1 amide bonds. The molecular formula is C19H18N6O2S. The quantitative estimate of drug-likeness (QED) is 0.585. The van der Waals surface area contributed by atoms with Crippen molar-refractivity contribution in [2.24, 2.45) is 0 Å². The number of hydrogen-bond acceptors (Lipinski definition) is 7. The first-order chi connectivity index (χ1) is 13.7. The smallest absolute Gasteiger partial charge is 0.234 e. The summed E-state index contributed by atoms with van der Waals surface area (Å²) < 4.78 is 7.11. The number of nitriles is 1. The molecule has 1 N–H and O–H groups in total. The molecular weight excluding hydrogens is 376 g/mol. The summed E-state index contributed by atoms with van der Waals surface area (Å²) in [4.78, 5) is 16.3. The zero-order valence-corrected chi connectivity index (χ0v) is 16.0. The second-order valence-electron chi connectivity index (χ2n) is 5.72. The summed E-state index contributed by atoms with van der Waals surface area (Å²) in [6.45, 7) is 1.06. The van der Waals surface area contributed by atoms with Crippen molar-refractivity contribution in [3.05, 3.63) is 54.4 Å². The lowest BCUT2D eigenvalue weighted by Gasteiger charge is -2.10. The number of benzene rings is 1. The second kappa shape index (κ2) is 9.64. The Kier molecular flexibility index (Phi) is 6.73. The van der Waals surface area contributed by atoms with E-state index in [1.807, 2.05) is 22.8 Å². The lowest BCUT2D eigenvalue weighted by atomic mass is 10.2. The number of methoxy groups -OCH3 is 1. The topological polar surface area (TPSA) is 106 Å². The van der Waals surface area contributed by atoms with Crippen molar-refractivity contribution in [3.63, 3.8) is 0 Å². The van der Waals surface area contributed by atoms with Gasteiger partial charge in [0.1, 0.15) is 0 Å². The first-order valence-electron chi connectivity index (χ1n) is 8.46. The Balaban J connectivity index is 1.70. The summed E-state index contributed by atoms with van der Waals surface area (Å²) in [6, 6.07) is 12.5. The third-order valence-corrected chi connectivity index (χ3v) is 4.75. The lowest BCUT2D eigenvalue weighted by Crippen LogP contribution is -2.15. The van der Waals surface area contributed by atoms with Gasteiger partial charge in [-0.2, -0.15) is 5.26 Å². The molecule has 3 rings (SSSR count). The predicted molar refractivity (Wildman–Crippen MR) is 106 cm³/mol. The van der Waals surface area contributed by atoms with Crippen LogP contribution in [0.5, 0.6) is 0 Å². The van der Waals surface area contributed by atoms with Gasteiger partial charge in [0.05, 0.1) is 30.5 Å². The maximum Gasteiger partial charge on any atom is 0.234 e. The molecule has 0 bridgehead atoms. The van der Waals surface area contributed by atoms with Crippen molar-refractivity contribution in [1.29, 1.82) is 5.26 Å². The zero-order chi connectivity index (χ0) is 19.8. The minimum Gasteiger partial charge on any atom is -0.383 e. The molecule has 0 spiro atoms. The van der Waals surface area contributed by atoms with Gasteiger partial charge in [0.25, 0.3) is 0 Å². The van der Waals surface area contributed by atoms with Gasteiger partial charge >= 0.3 is 0 Å². The van der Waals surface area contributed by atoms with E-state index in [0.717, 1.165) is 5.56 Å². The van der Waals surface area contributed by atoms with Crippen LogP contribution in [0.3, 0.4) is 0 Å². The molecule has 0 radical (unpaired) electrons. The Morgan fingerprint density at radius 1 is 1.29 bits per heavy atom. The van der Waals surface area contributed by atoms with Crippen molar-refractivity contribution in [3.8, 4) is 17.5 Å². The standard InChI is InChI=1S/C19H18N6O2S/c1-27-10-9-25-18(15-5-7-21-8-6-15)23-24-19(25)28-13-17(26)22-16-4-2-3-14(11-16)12-20/h2-8,11H,9-10,13H2,1H3,(H,22,26). The van der Waals surface area contributed by atoms with Crippen LogP contribution in [0.1, 0.15) is 5.56 Å². The number of pyridine rings is 1. The number of rotatable bonds is 8. The number of ether oxygens (including phenoxy) is 1. The number of amides is 1. The van der Waals surface area contributed by atoms with Crippen molar-refractivity contribution >= 4 is 23.4 Å². The fourth-order valence-corrected chi connectivity index (χ4v) is 3.25. The first-order valence-corrected chi connectivity index (χ1v) is 9.45. The third-order valence-electron chi connectivity index (χ3n) is 3.78. The minimum atomic E-state index is -0.188. The highest BCUT2D eigenvalue weighted by Gasteiger charge is 2.15. The number of carbonyl (C=O) groups excluding carboxylic acids is 1. The molecule has 2 aromatic heterocycles. The maximum atomic E-state index is 12.3. The second-order valence-corrected chi connectivity index (χ2v) is 6.66. The number of thioether (sulfide) groups is 1. The number of nitrogens with one attached hydrogen (secondary N) is 1. The van der Waals surface area contributed by atoms with Gasteiger partial charge in [0, 0.05) is 30.8 Å². The number of carbonyl (C=O) groups is 1. The summed E-state index contributed by atoms with van der Waals surface area (Å²) in [7, 11) is 1.63. The fraction of sp³-hybridized carbons (Fsp3) is 0.211. The van der Waals surface area contributed by atoms with Crippen molar-refractivity contribution in [2.45, 2.75) is 11.7 Å². The number of hydrogen-bond donors (Lipinski definition) is 1. The molecule has 3 aromatic rings. The fourth-order valence-electron chi connectivity index (χ4n) is 2.49. The Morgan fingerprint density at radius 2 is 2.11 bits per heavy atom. The Morgan fingerprint density at radius 3 is 2.86 bits per heavy atom. The SMILES string of the molecule is COCCn1c(SCC(=O)Nc2cccc(C#N)c2)nnc1-c1ccncc1. The predicted octanol–water partition coefficient (Wildman–Crippen LogP) is 2.59. The molecule has 0 atom stereocenters. The average Bonchev–Trinajstić information content (AvgIpc) is 3.14. The van der Waals surface area contributed by atoms with E-state index < -0.39 is 0 Å². The average molecular weight is 394 g/mol. The Labute approximate surface area is 166 Å². The largest absolute Gasteiger partial charge is 0.383 e. The van der Waals surface area contributed by atoms with Gasteiger partial charge in [0.15, 0.2) is 11.0 Å². The molecule has 9 heteroatoms. The normalized spacial score (nSPS) is 10.4. The van der Waals surface area contributed by atoms with Gasteiger partial charge < -0.3 is 10.1 Å². The van der Waals surface area contributed by atoms with E-state index in [-0.39, 0.29) is 11.7 Å². The van der Waals surface area contributed by atoms with Crippen molar-refractivity contribution in [1.82, 2.24) is 19.7 Å². The van der Waals surface area contributed by atoms with E-state index in [2.05, 4.69) is 20.5 Å². The van der Waals surface area contributed by atoms with E-state index in [9.17, 15) is 4.79 Å². The van der Waals surface area contributed by atoms with Crippen LogP contribution in [-0.4, -0.2) is 45.1 Å². The number of aromatic nitrogens is 4. The Bertz CT molecular complexity index is 984. The summed E-state index contributed by atoms with van der Waals surface area (Å²) in [5.74, 6) is 0.675. The summed E-state index contributed by atoms with van der Waals surface area (Å²) in [5, 5.41) is 20.9. The molecule has 142 valence electrons. The molecule has 28 heavy (non-hydrogen) atoms. The number of nitrogens with zero attached hydrogens (tertiary/aromatic N) is 5. The lowest BCUT2D eigenvalue weighted by molar-refractivity contribution is -0.113. The summed E-state index contributed by atoms with van der Waals surface area (Å²) >= 11 is 1.29. The first kappa shape index (κ1) is 19.5. The maximum absolute atomic E-state index is 12.3. The van der Waals surface area contributed by atoms with Crippen molar-refractivity contribution in [2.75, 3.05) is 24.8 Å². The van der Waals surface area contributed by atoms with Crippen LogP contribution in [0.25, 0.3) is 11.4 Å². The van der Waals surface area contributed by atoms with Crippen LogP contribution < -0.4 is 5.32 Å². The highest BCUT2D eigenvalue weighted by molar-refractivity contribution is 7.99. The molecule has 8 nitrogen and oxygen atoms in total. The third kappa shape index (κ3) is 4.94. The molecule has 1 aromatic carbocycles. The highest BCUT2D eigenvalue weighted by atomic mass is 32.2. The van der Waals surface area contributed by atoms with Crippen LogP contribution >= 0.6 is 11.8 Å². The van der Waals surface area contributed by atoms with E-state index in [4.69, 9.17) is 10.00 Å². The molecule has 0 aliphatic rings. The molecule has 0 saturated heterocycles. The molecule has 0 unspecified atom stereocenters. The van der Waals surface area contributed by atoms with Gasteiger partial charge in [0.2, 0.25) is 5.91 Å². The van der Waals surface area contributed by atoms with E-state index >= 15 is 0 Å². The van der Waals surface area contributed by atoms with Crippen LogP contribution in [0.15, 0.2) is 53.9 Å². The highest BCUT2D eigenvalue weighted by Crippen LogP contribution is 2.23. The van der Waals surface area contributed by atoms with Crippen LogP contribution in [-0.2, 0) is 16.1 Å². The molecule has 0 aliphatic carbocycles. The summed E-state index contributed by atoms with van der Waals surface area (Å²) in [5.41, 5.74) is 1.97. The van der Waals surface area contributed by atoms with E-state index in [0.29, 0.717) is 35.4 Å². The monoisotopic (exact) mass is 394 g/mol. The van der Waals surface area contributed by atoms with E-state index in [1.54, 1.807) is 43.8 Å². The van der Waals surface area contributed by atoms with Gasteiger partial charge in [-0.05, 0) is 30.3 Å². The van der Waals surface area contributed by atoms with Gasteiger partial charge in [-0.1, -0.05) is 17.8 Å². The van der Waals surface area contributed by atoms with Gasteiger partial charge in [-0.3, -0.25) is 14.3 Å². The van der Waals surface area contributed by atoms with Crippen LogP contribution in [0.2, 0.25) is 0 Å². The molecule has 0 fully saturated rings. The molecule has 0 saturated carbocycles. The van der Waals surface area contributed by atoms with Gasteiger partial charge in [-0.15, -0.1) is 10.2 Å². The zero-order valence-electron chi connectivity index (χ0n) is 15.2. The van der Waals surface area contributed by atoms with Crippen LogP contribution in [0, 0.1) is 11.3 Å².